The fourth-order valence-electron chi connectivity index (χ4n) is 6.14. The number of hydrogen-bond acceptors (Lipinski definition) is 4. The highest BCUT2D eigenvalue weighted by Crippen LogP contribution is 2.27. The maximum Gasteiger partial charge on any atom is 0.251 e. The first-order valence-corrected chi connectivity index (χ1v) is 16.1. The molecule has 0 saturated carbocycles. The topological polar surface area (TPSA) is 73.5 Å². The molecule has 2 atom stereocenters. The van der Waals surface area contributed by atoms with Gasteiger partial charge in [-0.25, -0.2) is 0 Å². The van der Waals surface area contributed by atoms with E-state index < -0.39 is 0 Å². The zero-order valence-corrected chi connectivity index (χ0v) is 26.0. The number of carbonyl (C=O) groups excluding carboxylic acids is 2. The summed E-state index contributed by atoms with van der Waals surface area (Å²) in [4.78, 5) is 29.3. The maximum absolute atomic E-state index is 14.1. The fourth-order valence-corrected chi connectivity index (χ4v) is 6.14. The molecule has 44 heavy (non-hydrogen) atoms. The van der Waals surface area contributed by atoms with Gasteiger partial charge in [0.1, 0.15) is 0 Å². The molecule has 0 bridgehead atoms. The molecule has 2 amide bonds. The van der Waals surface area contributed by atoms with Crippen molar-refractivity contribution in [3.63, 3.8) is 0 Å². The molecule has 0 unspecified atom stereocenters. The number of nitrogens with zero attached hydrogens (tertiary/aromatic N) is 1. The normalized spacial score (nSPS) is 17.3. The summed E-state index contributed by atoms with van der Waals surface area (Å²) in [6, 6.07) is 35.0. The van der Waals surface area contributed by atoms with Gasteiger partial charge in [-0.3, -0.25) is 9.59 Å². The van der Waals surface area contributed by atoms with Gasteiger partial charge in [0.25, 0.3) is 5.91 Å². The smallest absolute Gasteiger partial charge is 0.251 e. The Morgan fingerprint density at radius 2 is 1.52 bits per heavy atom. The zero-order valence-electron chi connectivity index (χ0n) is 26.0. The van der Waals surface area contributed by atoms with Gasteiger partial charge >= 0.3 is 0 Å². The van der Waals surface area contributed by atoms with Gasteiger partial charge in [-0.2, -0.15) is 0 Å². The highest BCUT2D eigenvalue weighted by Gasteiger charge is 2.32. The lowest BCUT2D eigenvalue weighted by Crippen LogP contribution is -2.49. The molecule has 1 saturated heterocycles. The standard InChI is InChI=1S/C38H46N4O2/c1-28(2)39-23-12-11-19-36-38(44)42(27-35(30-14-5-3-6-15-30)31-16-7-4-8-17-31)24-22-34(41-36)26-40-37(43)33-21-20-29-13-9-10-18-32(29)25-33/h3-10,13-18,20-21,25,28,34-36,39,41H,11-12,19,22-24,26-27H2,1-2H3,(H,40,43)/t34-,36-/m0/s1. The van der Waals surface area contributed by atoms with Crippen LogP contribution in [-0.2, 0) is 4.79 Å². The lowest BCUT2D eigenvalue weighted by atomic mass is 9.90. The molecule has 1 heterocycles. The predicted octanol–water partition coefficient (Wildman–Crippen LogP) is 6.13. The molecular weight excluding hydrogens is 544 g/mol. The number of rotatable bonds is 13. The fraction of sp³-hybridized carbons (Fsp3) is 0.368. The lowest BCUT2D eigenvalue weighted by Gasteiger charge is -2.29. The average molecular weight is 591 g/mol. The van der Waals surface area contributed by atoms with Crippen LogP contribution in [0, 0.1) is 0 Å². The summed E-state index contributed by atoms with van der Waals surface area (Å²) in [5, 5.41) is 12.5. The molecule has 1 aliphatic heterocycles. The van der Waals surface area contributed by atoms with Crippen LogP contribution in [-0.4, -0.2) is 61.0 Å². The predicted molar refractivity (Wildman–Crippen MR) is 180 cm³/mol. The molecule has 0 aromatic heterocycles. The molecule has 1 aliphatic rings. The van der Waals surface area contributed by atoms with E-state index in [0.717, 1.165) is 43.0 Å². The van der Waals surface area contributed by atoms with Gasteiger partial charge in [0.15, 0.2) is 0 Å². The minimum absolute atomic E-state index is 0.000883. The number of unbranched alkanes of at least 4 members (excludes halogenated alkanes) is 1. The van der Waals surface area contributed by atoms with Gasteiger partial charge in [-0.15, -0.1) is 0 Å². The molecule has 3 N–H and O–H groups in total. The molecule has 4 aromatic rings. The molecular formula is C38H46N4O2. The van der Waals surface area contributed by atoms with E-state index in [1.165, 1.54) is 11.1 Å². The van der Waals surface area contributed by atoms with E-state index in [2.05, 4.69) is 89.3 Å². The first-order chi connectivity index (χ1) is 21.5. The van der Waals surface area contributed by atoms with Crippen LogP contribution in [0.1, 0.15) is 66.9 Å². The monoisotopic (exact) mass is 590 g/mol. The lowest BCUT2D eigenvalue weighted by molar-refractivity contribution is -0.133. The third-order valence-electron chi connectivity index (χ3n) is 8.59. The number of hydrogen-bond donors (Lipinski definition) is 3. The third-order valence-corrected chi connectivity index (χ3v) is 8.59. The van der Waals surface area contributed by atoms with Crippen molar-refractivity contribution in [2.24, 2.45) is 0 Å². The summed E-state index contributed by atoms with van der Waals surface area (Å²) in [6.07, 6.45) is 3.51. The first kappa shape index (κ1) is 31.4. The molecule has 0 aliphatic carbocycles. The van der Waals surface area contributed by atoms with Crippen LogP contribution in [0.15, 0.2) is 103 Å². The van der Waals surface area contributed by atoms with Gasteiger partial charge in [0.05, 0.1) is 6.04 Å². The number of benzene rings is 4. The maximum atomic E-state index is 14.1. The van der Waals surface area contributed by atoms with E-state index in [-0.39, 0.29) is 29.8 Å². The van der Waals surface area contributed by atoms with Crippen LogP contribution in [0.5, 0.6) is 0 Å². The van der Waals surface area contributed by atoms with E-state index in [1.54, 1.807) is 0 Å². The second-order valence-electron chi connectivity index (χ2n) is 12.2. The van der Waals surface area contributed by atoms with E-state index in [4.69, 9.17) is 0 Å². The Labute approximate surface area is 262 Å². The van der Waals surface area contributed by atoms with Gasteiger partial charge in [-0.05, 0) is 59.8 Å². The van der Waals surface area contributed by atoms with E-state index in [0.29, 0.717) is 31.2 Å². The van der Waals surface area contributed by atoms with Crippen LogP contribution in [0.2, 0.25) is 0 Å². The van der Waals surface area contributed by atoms with Gasteiger partial charge in [0.2, 0.25) is 5.91 Å². The Bertz CT molecular complexity index is 1450. The van der Waals surface area contributed by atoms with Crippen molar-refractivity contribution in [3.05, 3.63) is 120 Å². The largest absolute Gasteiger partial charge is 0.350 e. The van der Waals surface area contributed by atoms with Crippen molar-refractivity contribution in [1.29, 1.82) is 0 Å². The van der Waals surface area contributed by atoms with Gasteiger partial charge in [0, 0.05) is 43.2 Å². The van der Waals surface area contributed by atoms with Crippen molar-refractivity contribution in [3.8, 4) is 0 Å². The van der Waals surface area contributed by atoms with E-state index in [1.807, 2.05) is 48.5 Å². The van der Waals surface area contributed by atoms with Crippen molar-refractivity contribution < 1.29 is 9.59 Å². The first-order valence-electron chi connectivity index (χ1n) is 16.1. The van der Waals surface area contributed by atoms with Crippen molar-refractivity contribution >= 4 is 22.6 Å². The van der Waals surface area contributed by atoms with Crippen molar-refractivity contribution in [2.75, 3.05) is 26.2 Å². The number of fused-ring (bicyclic) bond motifs is 1. The Hall–Kier alpha value is -4.00. The zero-order chi connectivity index (χ0) is 30.7. The van der Waals surface area contributed by atoms with Crippen LogP contribution >= 0.6 is 0 Å². The highest BCUT2D eigenvalue weighted by atomic mass is 16.2. The molecule has 1 fully saturated rings. The molecule has 4 aromatic carbocycles. The Morgan fingerprint density at radius 3 is 2.20 bits per heavy atom. The minimum Gasteiger partial charge on any atom is -0.350 e. The summed E-state index contributed by atoms with van der Waals surface area (Å²) in [5.41, 5.74) is 3.07. The summed E-state index contributed by atoms with van der Waals surface area (Å²) in [6.45, 7) is 6.98. The Kier molecular flexibility index (Phi) is 11.2. The van der Waals surface area contributed by atoms with Crippen molar-refractivity contribution in [2.45, 2.75) is 63.6 Å². The van der Waals surface area contributed by atoms with Crippen LogP contribution < -0.4 is 16.0 Å². The summed E-state index contributed by atoms with van der Waals surface area (Å²) < 4.78 is 0. The quantitative estimate of drug-likeness (QED) is 0.164. The average Bonchev–Trinajstić information content (AvgIpc) is 3.20. The number of amides is 2. The third kappa shape index (κ3) is 8.55. The minimum atomic E-state index is -0.286. The van der Waals surface area contributed by atoms with Crippen LogP contribution in [0.25, 0.3) is 10.8 Å². The number of nitrogens with one attached hydrogen (secondary N) is 3. The molecule has 230 valence electrons. The Balaban J connectivity index is 1.29. The van der Waals surface area contributed by atoms with E-state index in [9.17, 15) is 9.59 Å². The Morgan fingerprint density at radius 1 is 0.864 bits per heavy atom. The molecule has 6 heteroatoms. The second-order valence-corrected chi connectivity index (χ2v) is 12.2. The summed E-state index contributed by atoms with van der Waals surface area (Å²) in [5.74, 6) is 0.151. The van der Waals surface area contributed by atoms with Crippen molar-refractivity contribution in [1.82, 2.24) is 20.9 Å². The molecule has 0 spiro atoms. The van der Waals surface area contributed by atoms with Crippen LogP contribution in [0.3, 0.4) is 0 Å². The highest BCUT2D eigenvalue weighted by molar-refractivity contribution is 5.98. The summed E-state index contributed by atoms with van der Waals surface area (Å²) in [7, 11) is 0. The van der Waals surface area contributed by atoms with E-state index >= 15 is 0 Å². The van der Waals surface area contributed by atoms with Gasteiger partial charge < -0.3 is 20.9 Å². The molecule has 5 rings (SSSR count). The number of carbonyl (C=O) groups is 2. The van der Waals surface area contributed by atoms with Crippen LogP contribution in [0.4, 0.5) is 0 Å². The molecule has 0 radical (unpaired) electrons. The SMILES string of the molecule is CC(C)NCCCC[C@@H]1N[C@H](CNC(=O)c2ccc3ccccc3c2)CCN(CC(c2ccccc2)c2ccccc2)C1=O. The molecule has 6 nitrogen and oxygen atoms in total. The van der Waals surface area contributed by atoms with Gasteiger partial charge in [-0.1, -0.05) is 111 Å². The summed E-state index contributed by atoms with van der Waals surface area (Å²) >= 11 is 0. The second kappa shape index (κ2) is 15.6.